The van der Waals surface area contributed by atoms with Crippen molar-refractivity contribution >= 4 is 11.8 Å². The number of carbonyl (C=O) groups excluding carboxylic acids is 2. The van der Waals surface area contributed by atoms with Crippen LogP contribution in [-0.2, 0) is 0 Å². The summed E-state index contributed by atoms with van der Waals surface area (Å²) in [6.45, 7) is 7.87. The van der Waals surface area contributed by atoms with Crippen molar-refractivity contribution in [2.75, 3.05) is 0 Å². The molecule has 1 heterocycles. The lowest BCUT2D eigenvalue weighted by Gasteiger charge is -2.16. The highest BCUT2D eigenvalue weighted by atomic mass is 16.5. The number of rotatable bonds is 5. The summed E-state index contributed by atoms with van der Waals surface area (Å²) in [5.74, 6) is 0.623. The minimum Gasteiger partial charge on any atom is -0.360 e. The predicted molar refractivity (Wildman–Crippen MR) is 103 cm³/mol. The van der Waals surface area contributed by atoms with Crippen molar-refractivity contribution in [2.24, 2.45) is 0 Å². The van der Waals surface area contributed by atoms with E-state index in [-0.39, 0.29) is 29.8 Å². The van der Waals surface area contributed by atoms with Crippen LogP contribution < -0.4 is 10.6 Å². The third-order valence-corrected chi connectivity index (χ3v) is 5.14. The number of benzene rings is 1. The Morgan fingerprint density at radius 2 is 1.67 bits per heavy atom. The van der Waals surface area contributed by atoms with Crippen LogP contribution in [0, 0.1) is 13.8 Å². The molecule has 1 aliphatic rings. The maximum Gasteiger partial charge on any atom is 0.273 e. The van der Waals surface area contributed by atoms with Gasteiger partial charge in [-0.3, -0.25) is 9.59 Å². The number of amides is 2. The van der Waals surface area contributed by atoms with Crippen LogP contribution in [-0.4, -0.2) is 29.1 Å². The van der Waals surface area contributed by atoms with Gasteiger partial charge in [0, 0.05) is 29.6 Å². The molecule has 1 fully saturated rings. The molecule has 3 rings (SSSR count). The van der Waals surface area contributed by atoms with Crippen LogP contribution in [0.1, 0.15) is 76.8 Å². The van der Waals surface area contributed by atoms with E-state index in [1.165, 1.54) is 0 Å². The second-order valence-corrected chi connectivity index (χ2v) is 7.69. The van der Waals surface area contributed by atoms with Gasteiger partial charge in [0.25, 0.3) is 11.8 Å². The summed E-state index contributed by atoms with van der Waals surface area (Å²) in [5, 5.41) is 9.96. The molecule has 2 aromatic rings. The first kappa shape index (κ1) is 19.1. The van der Waals surface area contributed by atoms with Crippen LogP contribution in [0.15, 0.2) is 28.8 Å². The number of aryl methyl sites for hydroxylation is 2. The van der Waals surface area contributed by atoms with E-state index in [0.29, 0.717) is 11.5 Å². The normalized spacial score (nSPS) is 19.3. The van der Waals surface area contributed by atoms with E-state index < -0.39 is 0 Å². The molecule has 6 nitrogen and oxygen atoms in total. The van der Waals surface area contributed by atoms with Gasteiger partial charge < -0.3 is 15.2 Å². The van der Waals surface area contributed by atoms with Gasteiger partial charge in [-0.25, -0.2) is 0 Å². The van der Waals surface area contributed by atoms with Gasteiger partial charge in [0.2, 0.25) is 0 Å². The zero-order valence-corrected chi connectivity index (χ0v) is 16.3. The van der Waals surface area contributed by atoms with E-state index in [1.807, 2.05) is 45.9 Å². The van der Waals surface area contributed by atoms with Crippen LogP contribution in [0.5, 0.6) is 0 Å². The minimum atomic E-state index is -0.225. The van der Waals surface area contributed by atoms with Crippen LogP contribution in [0.2, 0.25) is 0 Å². The van der Waals surface area contributed by atoms with Crippen molar-refractivity contribution in [1.29, 1.82) is 0 Å². The molecule has 27 heavy (non-hydrogen) atoms. The molecule has 1 aromatic heterocycles. The molecule has 0 aliphatic heterocycles. The molecule has 0 saturated heterocycles. The Labute approximate surface area is 159 Å². The lowest BCUT2D eigenvalue weighted by atomic mass is 10.0. The van der Waals surface area contributed by atoms with Crippen molar-refractivity contribution in [3.63, 3.8) is 0 Å². The molecule has 1 aromatic carbocycles. The Hall–Kier alpha value is -2.63. The Balaban J connectivity index is 1.55. The zero-order chi connectivity index (χ0) is 19.6. The topological polar surface area (TPSA) is 84.2 Å². The molecule has 6 heteroatoms. The summed E-state index contributed by atoms with van der Waals surface area (Å²) in [6, 6.07) is 7.63. The number of aromatic nitrogens is 1. The summed E-state index contributed by atoms with van der Waals surface area (Å²) in [5.41, 5.74) is 3.00. The van der Waals surface area contributed by atoms with E-state index in [9.17, 15) is 9.59 Å². The van der Waals surface area contributed by atoms with Crippen molar-refractivity contribution in [3.05, 3.63) is 52.4 Å². The van der Waals surface area contributed by atoms with Crippen molar-refractivity contribution in [1.82, 2.24) is 15.8 Å². The molecular weight excluding hydrogens is 342 g/mol. The third kappa shape index (κ3) is 4.38. The molecule has 144 valence electrons. The maximum absolute atomic E-state index is 12.6. The molecule has 0 unspecified atom stereocenters. The Morgan fingerprint density at radius 3 is 2.22 bits per heavy atom. The first-order valence-corrected chi connectivity index (χ1v) is 9.49. The molecule has 2 amide bonds. The summed E-state index contributed by atoms with van der Waals surface area (Å²) >= 11 is 0. The van der Waals surface area contributed by atoms with Gasteiger partial charge in [0.05, 0.1) is 0 Å². The van der Waals surface area contributed by atoms with Gasteiger partial charge in [-0.2, -0.15) is 0 Å². The van der Waals surface area contributed by atoms with E-state index in [4.69, 9.17) is 4.52 Å². The van der Waals surface area contributed by atoms with Gasteiger partial charge in [0.15, 0.2) is 5.69 Å². The first-order chi connectivity index (χ1) is 12.8. The zero-order valence-electron chi connectivity index (χ0n) is 16.3. The number of nitrogens with one attached hydrogen (secondary N) is 2. The second-order valence-electron chi connectivity index (χ2n) is 7.69. The highest BCUT2D eigenvalue weighted by Gasteiger charge is 2.29. The third-order valence-electron chi connectivity index (χ3n) is 5.14. The molecule has 2 N–H and O–H groups in total. The van der Waals surface area contributed by atoms with Crippen LogP contribution in [0.25, 0.3) is 0 Å². The number of hydrogen-bond donors (Lipinski definition) is 2. The van der Waals surface area contributed by atoms with E-state index in [1.54, 1.807) is 6.07 Å². The van der Waals surface area contributed by atoms with Crippen molar-refractivity contribution in [3.8, 4) is 0 Å². The fourth-order valence-electron chi connectivity index (χ4n) is 3.60. The minimum absolute atomic E-state index is 0.0277. The Morgan fingerprint density at radius 1 is 1.07 bits per heavy atom. The second kappa shape index (κ2) is 7.94. The van der Waals surface area contributed by atoms with E-state index in [2.05, 4.69) is 15.8 Å². The quantitative estimate of drug-likeness (QED) is 0.845. The highest BCUT2D eigenvalue weighted by Crippen LogP contribution is 2.22. The molecule has 0 spiro atoms. The Kier molecular flexibility index (Phi) is 5.63. The summed E-state index contributed by atoms with van der Waals surface area (Å²) in [4.78, 5) is 25.0. The van der Waals surface area contributed by atoms with Gasteiger partial charge in [-0.15, -0.1) is 0 Å². The van der Waals surface area contributed by atoms with Crippen LogP contribution in [0.3, 0.4) is 0 Å². The van der Waals surface area contributed by atoms with Gasteiger partial charge >= 0.3 is 0 Å². The average Bonchev–Trinajstić information content (AvgIpc) is 3.24. The fourth-order valence-corrected chi connectivity index (χ4v) is 3.60. The molecule has 2 atom stereocenters. The summed E-state index contributed by atoms with van der Waals surface area (Å²) in [7, 11) is 0. The molecule has 1 saturated carbocycles. The largest absolute Gasteiger partial charge is 0.360 e. The summed E-state index contributed by atoms with van der Waals surface area (Å²) < 4.78 is 5.19. The van der Waals surface area contributed by atoms with E-state index in [0.717, 1.165) is 36.0 Å². The predicted octanol–water partition coefficient (Wildman–Crippen LogP) is 3.50. The smallest absolute Gasteiger partial charge is 0.273 e. The Bertz CT molecular complexity index is 821. The lowest BCUT2D eigenvalue weighted by molar-refractivity contribution is 0.0928. The SMILES string of the molecule is Cc1cccc(C)c1C(=O)N[C@H]1CC[C@@H](NC(=O)c2cc(C(C)C)on2)C1. The van der Waals surface area contributed by atoms with Gasteiger partial charge in [-0.1, -0.05) is 37.2 Å². The van der Waals surface area contributed by atoms with Crippen molar-refractivity contribution in [2.45, 2.75) is 65.0 Å². The monoisotopic (exact) mass is 369 g/mol. The fraction of sp³-hybridized carbons (Fsp3) is 0.476. The molecule has 0 bridgehead atoms. The molecular formula is C21H27N3O3. The van der Waals surface area contributed by atoms with Crippen LogP contribution >= 0.6 is 0 Å². The van der Waals surface area contributed by atoms with E-state index >= 15 is 0 Å². The number of carbonyl (C=O) groups is 2. The first-order valence-electron chi connectivity index (χ1n) is 9.49. The summed E-state index contributed by atoms with van der Waals surface area (Å²) in [6.07, 6.45) is 2.40. The number of nitrogens with zero attached hydrogens (tertiary/aromatic N) is 1. The molecule has 0 radical (unpaired) electrons. The standard InChI is InChI=1S/C21H27N3O3/c1-12(2)18-11-17(24-27-18)20(25)22-15-8-9-16(10-15)23-21(26)19-13(3)6-5-7-14(19)4/h5-7,11-12,15-16H,8-10H2,1-4H3,(H,22,25)(H,23,26)/t15-,16+/m1/s1. The molecule has 1 aliphatic carbocycles. The average molecular weight is 369 g/mol. The highest BCUT2D eigenvalue weighted by molar-refractivity contribution is 5.97. The number of hydrogen-bond acceptors (Lipinski definition) is 4. The van der Waals surface area contributed by atoms with Crippen LogP contribution in [0.4, 0.5) is 0 Å². The maximum atomic E-state index is 12.6. The van der Waals surface area contributed by atoms with Gasteiger partial charge in [-0.05, 0) is 44.2 Å². The van der Waals surface area contributed by atoms with Gasteiger partial charge in [0.1, 0.15) is 5.76 Å². The lowest BCUT2D eigenvalue weighted by Crippen LogP contribution is -2.37. The van der Waals surface area contributed by atoms with Crippen molar-refractivity contribution < 1.29 is 14.1 Å².